The average Bonchev–Trinajstić information content (AvgIpc) is 2.41. The fraction of sp³-hybridized carbons (Fsp3) is 0.562. The normalized spacial score (nSPS) is 17.3. The van der Waals surface area contributed by atoms with Crippen molar-refractivity contribution in [1.29, 1.82) is 0 Å². The molecule has 0 aromatic heterocycles. The fourth-order valence-electron chi connectivity index (χ4n) is 2.64. The van der Waals surface area contributed by atoms with Crippen LogP contribution in [0.3, 0.4) is 0 Å². The van der Waals surface area contributed by atoms with Gasteiger partial charge >= 0.3 is 6.03 Å². The third-order valence-corrected chi connectivity index (χ3v) is 3.88. The molecule has 0 heterocycles. The number of carbonyl (C=O) groups excluding carboxylic acids is 1. The summed E-state index contributed by atoms with van der Waals surface area (Å²) >= 11 is 0. The predicted octanol–water partition coefficient (Wildman–Crippen LogP) is 3.95. The molecule has 0 aliphatic heterocycles. The van der Waals surface area contributed by atoms with Crippen LogP contribution in [0.15, 0.2) is 30.3 Å². The SMILES string of the molecule is CN(C(=O)NC1CCCCCCC1)c1ccccc1. The first kappa shape index (κ1) is 13.9. The number of nitrogens with zero attached hydrogens (tertiary/aromatic N) is 1. The van der Waals surface area contributed by atoms with E-state index < -0.39 is 0 Å². The Morgan fingerprint density at radius 2 is 1.63 bits per heavy atom. The van der Waals surface area contributed by atoms with Gasteiger partial charge in [0.15, 0.2) is 0 Å². The van der Waals surface area contributed by atoms with Crippen molar-refractivity contribution in [2.45, 2.75) is 51.0 Å². The summed E-state index contributed by atoms with van der Waals surface area (Å²) < 4.78 is 0. The van der Waals surface area contributed by atoms with Crippen LogP contribution < -0.4 is 10.2 Å². The summed E-state index contributed by atoms with van der Waals surface area (Å²) in [6.07, 6.45) is 8.68. The van der Waals surface area contributed by atoms with Gasteiger partial charge in [-0.25, -0.2) is 4.79 Å². The van der Waals surface area contributed by atoms with Crippen molar-refractivity contribution in [3.05, 3.63) is 30.3 Å². The second-order valence-electron chi connectivity index (χ2n) is 5.39. The molecule has 1 aliphatic rings. The second-order valence-corrected chi connectivity index (χ2v) is 5.39. The molecule has 3 nitrogen and oxygen atoms in total. The number of nitrogens with one attached hydrogen (secondary N) is 1. The largest absolute Gasteiger partial charge is 0.335 e. The number of para-hydroxylation sites is 1. The number of rotatable bonds is 2. The molecule has 1 N–H and O–H groups in total. The van der Waals surface area contributed by atoms with E-state index in [0.717, 1.165) is 18.5 Å². The van der Waals surface area contributed by atoms with Crippen LogP contribution in [0.2, 0.25) is 0 Å². The van der Waals surface area contributed by atoms with Crippen LogP contribution in [0, 0.1) is 0 Å². The molecule has 0 spiro atoms. The van der Waals surface area contributed by atoms with Gasteiger partial charge in [0.2, 0.25) is 0 Å². The standard InChI is InChI=1S/C16H24N2O/c1-18(15-12-8-5-9-13-15)16(19)17-14-10-6-3-2-4-7-11-14/h5,8-9,12-14H,2-4,6-7,10-11H2,1H3,(H,17,19). The average molecular weight is 260 g/mol. The summed E-state index contributed by atoms with van der Waals surface area (Å²) in [6, 6.07) is 10.1. The van der Waals surface area contributed by atoms with E-state index in [1.165, 1.54) is 32.1 Å². The van der Waals surface area contributed by atoms with Gasteiger partial charge < -0.3 is 5.32 Å². The van der Waals surface area contributed by atoms with Gasteiger partial charge in [-0.2, -0.15) is 0 Å². The first-order valence-electron chi connectivity index (χ1n) is 7.36. The molecular formula is C16H24N2O. The number of anilines is 1. The molecule has 0 atom stereocenters. The van der Waals surface area contributed by atoms with Crippen molar-refractivity contribution in [2.75, 3.05) is 11.9 Å². The Morgan fingerprint density at radius 3 is 2.26 bits per heavy atom. The Balaban J connectivity index is 1.88. The molecule has 3 heteroatoms. The van der Waals surface area contributed by atoms with E-state index in [1.54, 1.807) is 4.90 Å². The van der Waals surface area contributed by atoms with Gasteiger partial charge in [-0.05, 0) is 25.0 Å². The van der Waals surface area contributed by atoms with Crippen LogP contribution in [-0.2, 0) is 0 Å². The molecule has 1 aromatic carbocycles. The summed E-state index contributed by atoms with van der Waals surface area (Å²) in [7, 11) is 1.83. The maximum absolute atomic E-state index is 12.2. The molecule has 1 aromatic rings. The minimum Gasteiger partial charge on any atom is -0.335 e. The molecule has 0 bridgehead atoms. The van der Waals surface area contributed by atoms with E-state index in [-0.39, 0.29) is 6.03 Å². The topological polar surface area (TPSA) is 32.3 Å². The lowest BCUT2D eigenvalue weighted by atomic mass is 9.97. The predicted molar refractivity (Wildman–Crippen MR) is 79.5 cm³/mol. The lowest BCUT2D eigenvalue weighted by Gasteiger charge is -2.25. The fourth-order valence-corrected chi connectivity index (χ4v) is 2.64. The summed E-state index contributed by atoms with van der Waals surface area (Å²) in [4.78, 5) is 13.9. The highest BCUT2D eigenvalue weighted by Gasteiger charge is 2.17. The number of carbonyl (C=O) groups is 1. The third kappa shape index (κ3) is 4.27. The minimum absolute atomic E-state index is 0.0109. The van der Waals surface area contributed by atoms with Crippen molar-refractivity contribution in [2.24, 2.45) is 0 Å². The maximum atomic E-state index is 12.2. The first-order valence-corrected chi connectivity index (χ1v) is 7.36. The zero-order valence-electron chi connectivity index (χ0n) is 11.8. The highest BCUT2D eigenvalue weighted by atomic mass is 16.2. The molecule has 2 amide bonds. The van der Waals surface area contributed by atoms with Crippen molar-refractivity contribution < 1.29 is 4.79 Å². The molecule has 19 heavy (non-hydrogen) atoms. The van der Waals surface area contributed by atoms with E-state index in [2.05, 4.69) is 5.32 Å². The summed E-state index contributed by atoms with van der Waals surface area (Å²) in [6.45, 7) is 0. The number of hydrogen-bond donors (Lipinski definition) is 1. The Bertz CT molecular complexity index is 383. The van der Waals surface area contributed by atoms with Gasteiger partial charge in [0.05, 0.1) is 0 Å². The number of amides is 2. The lowest BCUT2D eigenvalue weighted by molar-refractivity contribution is 0.240. The molecule has 0 unspecified atom stereocenters. The lowest BCUT2D eigenvalue weighted by Crippen LogP contribution is -2.43. The van der Waals surface area contributed by atoms with Crippen LogP contribution in [0.1, 0.15) is 44.9 Å². The number of urea groups is 1. The molecule has 104 valence electrons. The number of hydrogen-bond acceptors (Lipinski definition) is 1. The van der Waals surface area contributed by atoms with E-state index in [1.807, 2.05) is 37.4 Å². The molecule has 1 fully saturated rings. The molecule has 1 aliphatic carbocycles. The maximum Gasteiger partial charge on any atom is 0.321 e. The molecule has 1 saturated carbocycles. The zero-order valence-corrected chi connectivity index (χ0v) is 11.8. The van der Waals surface area contributed by atoms with Crippen molar-refractivity contribution in [3.8, 4) is 0 Å². The van der Waals surface area contributed by atoms with E-state index in [4.69, 9.17) is 0 Å². The highest BCUT2D eigenvalue weighted by Crippen LogP contribution is 2.18. The van der Waals surface area contributed by atoms with Crippen LogP contribution in [0.25, 0.3) is 0 Å². The first-order chi connectivity index (χ1) is 9.27. The summed E-state index contributed by atoms with van der Waals surface area (Å²) in [5.74, 6) is 0. The Kier molecular flexibility index (Phi) is 5.25. The summed E-state index contributed by atoms with van der Waals surface area (Å²) in [5.41, 5.74) is 0.936. The molecule has 0 radical (unpaired) electrons. The van der Waals surface area contributed by atoms with E-state index in [9.17, 15) is 4.79 Å². The van der Waals surface area contributed by atoms with Crippen molar-refractivity contribution in [1.82, 2.24) is 5.32 Å². The molecule has 0 saturated heterocycles. The van der Waals surface area contributed by atoms with Gasteiger partial charge in [0, 0.05) is 18.8 Å². The zero-order chi connectivity index (χ0) is 13.5. The van der Waals surface area contributed by atoms with Crippen LogP contribution in [-0.4, -0.2) is 19.1 Å². The monoisotopic (exact) mass is 260 g/mol. The van der Waals surface area contributed by atoms with Crippen molar-refractivity contribution >= 4 is 11.7 Å². The van der Waals surface area contributed by atoms with E-state index in [0.29, 0.717) is 6.04 Å². The van der Waals surface area contributed by atoms with Gasteiger partial charge in [-0.15, -0.1) is 0 Å². The van der Waals surface area contributed by atoms with Crippen LogP contribution >= 0.6 is 0 Å². The Labute approximate surface area is 116 Å². The van der Waals surface area contributed by atoms with Crippen molar-refractivity contribution in [3.63, 3.8) is 0 Å². The Morgan fingerprint density at radius 1 is 1.05 bits per heavy atom. The molecule has 2 rings (SSSR count). The molecular weight excluding hydrogens is 236 g/mol. The third-order valence-electron chi connectivity index (χ3n) is 3.88. The van der Waals surface area contributed by atoms with Gasteiger partial charge in [0.25, 0.3) is 0 Å². The van der Waals surface area contributed by atoms with Gasteiger partial charge in [-0.3, -0.25) is 4.90 Å². The number of benzene rings is 1. The van der Waals surface area contributed by atoms with Crippen LogP contribution in [0.4, 0.5) is 10.5 Å². The second kappa shape index (κ2) is 7.17. The smallest absolute Gasteiger partial charge is 0.321 e. The van der Waals surface area contributed by atoms with E-state index >= 15 is 0 Å². The van der Waals surface area contributed by atoms with Gasteiger partial charge in [0.1, 0.15) is 0 Å². The van der Waals surface area contributed by atoms with Gasteiger partial charge in [-0.1, -0.05) is 50.3 Å². The quantitative estimate of drug-likeness (QED) is 0.858. The minimum atomic E-state index is 0.0109. The summed E-state index contributed by atoms with van der Waals surface area (Å²) in [5, 5.41) is 3.17. The Hall–Kier alpha value is -1.51. The highest BCUT2D eigenvalue weighted by molar-refractivity contribution is 5.91. The van der Waals surface area contributed by atoms with Crippen LogP contribution in [0.5, 0.6) is 0 Å².